The number of aromatic nitrogens is 2. The van der Waals surface area contributed by atoms with Crippen molar-refractivity contribution in [3.8, 4) is 0 Å². The Morgan fingerprint density at radius 2 is 1.90 bits per heavy atom. The minimum atomic E-state index is -0.572. The number of allylic oxidation sites excluding steroid dienone is 1. The number of nitro benzene ring substituents is 1. The Bertz CT molecular complexity index is 1080. The second-order valence-electron chi connectivity index (χ2n) is 5.88. The van der Waals surface area contributed by atoms with E-state index in [0.717, 1.165) is 11.0 Å². The van der Waals surface area contributed by atoms with Gasteiger partial charge in [-0.25, -0.2) is 4.98 Å². The van der Waals surface area contributed by atoms with Gasteiger partial charge in [-0.1, -0.05) is 30.0 Å². The van der Waals surface area contributed by atoms with E-state index in [2.05, 4.69) is 22.4 Å². The lowest BCUT2D eigenvalue weighted by atomic mass is 10.2. The van der Waals surface area contributed by atoms with E-state index in [1.165, 1.54) is 36.0 Å². The number of rotatable bonds is 7. The van der Waals surface area contributed by atoms with Crippen molar-refractivity contribution in [3.63, 3.8) is 0 Å². The van der Waals surface area contributed by atoms with Crippen molar-refractivity contribution in [2.24, 2.45) is 0 Å². The van der Waals surface area contributed by atoms with E-state index in [4.69, 9.17) is 0 Å². The van der Waals surface area contributed by atoms with Crippen molar-refractivity contribution in [3.05, 3.63) is 76.9 Å². The molecule has 0 unspecified atom stereocenters. The predicted octanol–water partition coefficient (Wildman–Crippen LogP) is 2.68. The van der Waals surface area contributed by atoms with E-state index in [9.17, 15) is 19.7 Å². The first-order chi connectivity index (χ1) is 14.0. The molecule has 0 aliphatic carbocycles. The van der Waals surface area contributed by atoms with Gasteiger partial charge in [-0.15, -0.1) is 6.58 Å². The molecule has 0 aliphatic heterocycles. The summed E-state index contributed by atoms with van der Waals surface area (Å²) in [5.74, 6) is -0.944. The third kappa shape index (κ3) is 4.79. The number of nitro groups is 1. The molecule has 0 saturated heterocycles. The second kappa shape index (κ2) is 9.02. The average Bonchev–Trinajstić information content (AvgIpc) is 3.08. The lowest BCUT2D eigenvalue weighted by Gasteiger charge is -2.08. The van der Waals surface area contributed by atoms with Crippen LogP contribution < -0.4 is 10.9 Å². The van der Waals surface area contributed by atoms with Gasteiger partial charge in [0.2, 0.25) is 5.91 Å². The van der Waals surface area contributed by atoms with E-state index in [1.54, 1.807) is 6.08 Å². The number of fused-ring (bicyclic) bond motifs is 1. The largest absolute Gasteiger partial charge is 0.315 e. The SMILES string of the molecule is C=CCn1c(SCC(=O)NNC(=O)c2ccc([N+](=O)[O-])cc2)nc2ccccc21. The Kier molecular flexibility index (Phi) is 6.25. The number of nitrogens with one attached hydrogen (secondary N) is 2. The smallest absolute Gasteiger partial charge is 0.269 e. The summed E-state index contributed by atoms with van der Waals surface area (Å²) in [6, 6.07) is 12.7. The van der Waals surface area contributed by atoms with Gasteiger partial charge in [0, 0.05) is 24.2 Å². The molecule has 0 radical (unpaired) electrons. The third-order valence-corrected chi connectivity index (χ3v) is 4.90. The van der Waals surface area contributed by atoms with E-state index in [1.807, 2.05) is 28.8 Å². The molecular weight excluding hydrogens is 394 g/mol. The number of imidazole rings is 1. The molecule has 0 atom stereocenters. The molecule has 29 heavy (non-hydrogen) atoms. The highest BCUT2D eigenvalue weighted by Gasteiger charge is 2.13. The van der Waals surface area contributed by atoms with Crippen molar-refractivity contribution in [1.82, 2.24) is 20.4 Å². The molecule has 0 bridgehead atoms. The van der Waals surface area contributed by atoms with Crippen LogP contribution in [0.25, 0.3) is 11.0 Å². The summed E-state index contributed by atoms with van der Waals surface area (Å²) < 4.78 is 1.95. The minimum Gasteiger partial charge on any atom is -0.315 e. The van der Waals surface area contributed by atoms with E-state index in [0.29, 0.717) is 11.7 Å². The van der Waals surface area contributed by atoms with Crippen molar-refractivity contribution in [2.45, 2.75) is 11.7 Å². The van der Waals surface area contributed by atoms with Crippen LogP contribution in [0.3, 0.4) is 0 Å². The summed E-state index contributed by atoms with van der Waals surface area (Å²) in [5, 5.41) is 11.3. The molecule has 2 amide bonds. The van der Waals surface area contributed by atoms with Crippen LogP contribution in [0, 0.1) is 10.1 Å². The van der Waals surface area contributed by atoms with Crippen molar-refractivity contribution in [1.29, 1.82) is 0 Å². The van der Waals surface area contributed by atoms with Crippen molar-refractivity contribution >= 4 is 40.3 Å². The number of hydrogen-bond acceptors (Lipinski definition) is 6. The molecule has 0 fully saturated rings. The molecule has 0 saturated carbocycles. The number of nitrogens with zero attached hydrogens (tertiary/aromatic N) is 3. The fourth-order valence-electron chi connectivity index (χ4n) is 2.57. The topological polar surface area (TPSA) is 119 Å². The highest BCUT2D eigenvalue weighted by atomic mass is 32.2. The Morgan fingerprint density at radius 1 is 1.17 bits per heavy atom. The van der Waals surface area contributed by atoms with Crippen molar-refractivity contribution < 1.29 is 14.5 Å². The molecule has 3 rings (SSSR count). The quantitative estimate of drug-likeness (QED) is 0.267. The lowest BCUT2D eigenvalue weighted by Crippen LogP contribution is -2.42. The van der Waals surface area contributed by atoms with Gasteiger partial charge in [-0.3, -0.25) is 30.6 Å². The predicted molar refractivity (Wildman–Crippen MR) is 109 cm³/mol. The Balaban J connectivity index is 1.57. The Labute approximate surface area is 169 Å². The number of hydrazine groups is 1. The van der Waals surface area contributed by atoms with Crippen LogP contribution >= 0.6 is 11.8 Å². The van der Waals surface area contributed by atoms with Gasteiger partial charge in [0.25, 0.3) is 11.6 Å². The summed E-state index contributed by atoms with van der Waals surface area (Å²) in [5.41, 5.74) is 6.45. The summed E-state index contributed by atoms with van der Waals surface area (Å²) >= 11 is 1.24. The zero-order valence-corrected chi connectivity index (χ0v) is 16.0. The van der Waals surface area contributed by atoms with Crippen LogP contribution in [-0.2, 0) is 11.3 Å². The zero-order chi connectivity index (χ0) is 20.8. The van der Waals surface area contributed by atoms with Gasteiger partial charge in [-0.2, -0.15) is 0 Å². The standard InChI is InChI=1S/C19H17N5O4S/c1-2-11-23-16-6-4-3-5-15(16)20-19(23)29-12-17(25)21-22-18(26)13-7-9-14(10-8-13)24(27)28/h2-10H,1,11-12H2,(H,21,25)(H,22,26). The van der Waals surface area contributed by atoms with Crippen LogP contribution in [0.2, 0.25) is 0 Å². The first-order valence-corrected chi connectivity index (χ1v) is 9.50. The maximum atomic E-state index is 12.1. The molecule has 9 nitrogen and oxygen atoms in total. The lowest BCUT2D eigenvalue weighted by molar-refractivity contribution is -0.384. The van der Waals surface area contributed by atoms with Gasteiger partial charge in [0.05, 0.1) is 21.7 Å². The summed E-state index contributed by atoms with van der Waals surface area (Å²) in [7, 11) is 0. The molecule has 2 aromatic carbocycles. The Morgan fingerprint density at radius 3 is 2.59 bits per heavy atom. The maximum absolute atomic E-state index is 12.1. The van der Waals surface area contributed by atoms with Crippen molar-refractivity contribution in [2.75, 3.05) is 5.75 Å². The van der Waals surface area contributed by atoms with Crippen LogP contribution in [0.4, 0.5) is 5.69 Å². The van der Waals surface area contributed by atoms with Gasteiger partial charge < -0.3 is 4.57 Å². The number of carbonyl (C=O) groups excluding carboxylic acids is 2. The van der Waals surface area contributed by atoms with Gasteiger partial charge in [0.1, 0.15) is 0 Å². The van der Waals surface area contributed by atoms with E-state index < -0.39 is 16.7 Å². The number of carbonyl (C=O) groups is 2. The number of benzene rings is 2. The summed E-state index contributed by atoms with van der Waals surface area (Å²) in [6.45, 7) is 4.31. The molecule has 1 aromatic heterocycles. The number of thioether (sulfide) groups is 1. The maximum Gasteiger partial charge on any atom is 0.269 e. The number of para-hydroxylation sites is 2. The van der Waals surface area contributed by atoms with Gasteiger partial charge in [0.15, 0.2) is 5.16 Å². The highest BCUT2D eigenvalue weighted by molar-refractivity contribution is 7.99. The van der Waals surface area contributed by atoms with Crippen LogP contribution in [0.15, 0.2) is 66.3 Å². The summed E-state index contributed by atoms with van der Waals surface area (Å²) in [6.07, 6.45) is 1.75. The molecule has 148 valence electrons. The zero-order valence-electron chi connectivity index (χ0n) is 15.2. The average molecular weight is 411 g/mol. The molecule has 10 heteroatoms. The summed E-state index contributed by atoms with van der Waals surface area (Å²) in [4.78, 5) is 38.7. The first kappa shape index (κ1) is 20.1. The van der Waals surface area contributed by atoms with E-state index in [-0.39, 0.29) is 17.0 Å². The number of amides is 2. The number of non-ortho nitro benzene ring substituents is 1. The first-order valence-electron chi connectivity index (χ1n) is 8.52. The fraction of sp³-hybridized carbons (Fsp3) is 0.105. The fourth-order valence-corrected chi connectivity index (χ4v) is 3.39. The monoisotopic (exact) mass is 411 g/mol. The third-order valence-electron chi connectivity index (χ3n) is 3.92. The van der Waals surface area contributed by atoms with E-state index >= 15 is 0 Å². The van der Waals surface area contributed by atoms with Crippen LogP contribution in [0.1, 0.15) is 10.4 Å². The van der Waals surface area contributed by atoms with Crippen LogP contribution in [0.5, 0.6) is 0 Å². The molecule has 1 heterocycles. The Hall–Kier alpha value is -3.66. The molecule has 0 aliphatic rings. The van der Waals surface area contributed by atoms with Gasteiger partial charge in [-0.05, 0) is 24.3 Å². The van der Waals surface area contributed by atoms with Gasteiger partial charge >= 0.3 is 0 Å². The molecule has 3 aromatic rings. The second-order valence-corrected chi connectivity index (χ2v) is 6.82. The molecule has 2 N–H and O–H groups in total. The minimum absolute atomic E-state index is 0.0427. The molecule has 0 spiro atoms. The number of hydrogen-bond donors (Lipinski definition) is 2. The normalized spacial score (nSPS) is 10.5. The van der Waals surface area contributed by atoms with Crippen LogP contribution in [-0.4, -0.2) is 32.0 Å². The molecular formula is C19H17N5O4S. The highest BCUT2D eigenvalue weighted by Crippen LogP contribution is 2.23.